The molecule has 0 aliphatic heterocycles. The molecule has 8 heteroatoms. The predicted molar refractivity (Wildman–Crippen MR) is 68.5 cm³/mol. The number of nitrogens with zero attached hydrogens (tertiary/aromatic N) is 2. The van der Waals surface area contributed by atoms with Gasteiger partial charge in [-0.3, -0.25) is 0 Å². The summed E-state index contributed by atoms with van der Waals surface area (Å²) in [7, 11) is 0. The van der Waals surface area contributed by atoms with E-state index in [1.165, 1.54) is 0 Å². The van der Waals surface area contributed by atoms with Crippen molar-refractivity contribution in [2.45, 2.75) is 25.6 Å². The van der Waals surface area contributed by atoms with Crippen LogP contribution in [0.15, 0.2) is 28.8 Å². The van der Waals surface area contributed by atoms with Gasteiger partial charge in [-0.25, -0.2) is 0 Å². The molecule has 0 amide bonds. The molecule has 1 aromatic carbocycles. The molecule has 1 atom stereocenters. The number of ether oxygens (including phenoxy) is 1. The van der Waals surface area contributed by atoms with Gasteiger partial charge >= 0.3 is 6.18 Å². The number of hydrogen-bond acceptors (Lipinski definition) is 5. The average Bonchev–Trinajstić information content (AvgIpc) is 2.88. The molecular formula is C13H14F3N3O2. The van der Waals surface area contributed by atoms with Gasteiger partial charge in [0.2, 0.25) is 5.82 Å². The third kappa shape index (κ3) is 2.85. The van der Waals surface area contributed by atoms with Crippen LogP contribution in [-0.2, 0) is 5.54 Å². The first kappa shape index (κ1) is 15.3. The number of nitrogens with two attached hydrogens (primary N) is 1. The van der Waals surface area contributed by atoms with E-state index in [9.17, 15) is 13.2 Å². The standard InChI is InChI=1S/C13H14F3N3O2/c1-3-20-9-7-5-4-6-8(9)10-18-11(21-19-10)12(2,17)13(14,15)16/h4-7H,3,17H2,1-2H3. The fourth-order valence-corrected chi connectivity index (χ4v) is 1.60. The van der Waals surface area contributed by atoms with Crippen LogP contribution < -0.4 is 10.5 Å². The van der Waals surface area contributed by atoms with E-state index in [4.69, 9.17) is 10.5 Å². The maximum Gasteiger partial charge on any atom is 0.415 e. The molecule has 0 bridgehead atoms. The largest absolute Gasteiger partial charge is 0.493 e. The number of rotatable bonds is 4. The van der Waals surface area contributed by atoms with Crippen LogP contribution >= 0.6 is 0 Å². The van der Waals surface area contributed by atoms with E-state index < -0.39 is 17.6 Å². The highest BCUT2D eigenvalue weighted by Crippen LogP contribution is 2.37. The quantitative estimate of drug-likeness (QED) is 0.940. The van der Waals surface area contributed by atoms with E-state index >= 15 is 0 Å². The van der Waals surface area contributed by atoms with Crippen molar-refractivity contribution in [2.75, 3.05) is 6.61 Å². The summed E-state index contributed by atoms with van der Waals surface area (Å²) in [6, 6.07) is 6.72. The van der Waals surface area contributed by atoms with Crippen LogP contribution in [0.2, 0.25) is 0 Å². The van der Waals surface area contributed by atoms with Gasteiger partial charge < -0.3 is 15.0 Å². The van der Waals surface area contributed by atoms with Crippen molar-refractivity contribution in [2.24, 2.45) is 5.73 Å². The van der Waals surface area contributed by atoms with Crippen molar-refractivity contribution in [3.05, 3.63) is 30.2 Å². The molecular weight excluding hydrogens is 287 g/mol. The van der Waals surface area contributed by atoms with E-state index in [1.807, 2.05) is 0 Å². The van der Waals surface area contributed by atoms with Gasteiger partial charge in [0.1, 0.15) is 5.75 Å². The Bertz CT molecular complexity index is 623. The SMILES string of the molecule is CCOc1ccccc1-c1noc(C(C)(N)C(F)(F)F)n1. The van der Waals surface area contributed by atoms with Crippen molar-refractivity contribution in [1.29, 1.82) is 0 Å². The zero-order chi connectivity index (χ0) is 15.7. The Balaban J connectivity index is 2.42. The summed E-state index contributed by atoms with van der Waals surface area (Å²) in [4.78, 5) is 3.76. The second-order valence-electron chi connectivity index (χ2n) is 4.55. The Kier molecular flexibility index (Phi) is 3.91. The molecule has 21 heavy (non-hydrogen) atoms. The second-order valence-corrected chi connectivity index (χ2v) is 4.55. The minimum absolute atomic E-state index is 0.00465. The Hall–Kier alpha value is -2.09. The number of benzene rings is 1. The summed E-state index contributed by atoms with van der Waals surface area (Å²) in [5, 5.41) is 3.56. The zero-order valence-corrected chi connectivity index (χ0v) is 11.4. The van der Waals surface area contributed by atoms with E-state index in [2.05, 4.69) is 14.7 Å². The molecule has 1 aromatic heterocycles. The fraction of sp³-hybridized carbons (Fsp3) is 0.385. The highest BCUT2D eigenvalue weighted by molar-refractivity contribution is 5.63. The Morgan fingerprint density at radius 1 is 1.29 bits per heavy atom. The number of aromatic nitrogens is 2. The van der Waals surface area contributed by atoms with Crippen molar-refractivity contribution >= 4 is 0 Å². The molecule has 0 radical (unpaired) electrons. The summed E-state index contributed by atoms with van der Waals surface area (Å²) >= 11 is 0. The van der Waals surface area contributed by atoms with Crippen LogP contribution in [0.4, 0.5) is 13.2 Å². The number of halogens is 3. The summed E-state index contributed by atoms with van der Waals surface area (Å²) in [5.41, 5.74) is 2.98. The van der Waals surface area contributed by atoms with Gasteiger partial charge in [0.05, 0.1) is 12.2 Å². The summed E-state index contributed by atoms with van der Waals surface area (Å²) in [5.74, 6) is -0.246. The van der Waals surface area contributed by atoms with Crippen LogP contribution in [0, 0.1) is 0 Å². The Morgan fingerprint density at radius 2 is 1.95 bits per heavy atom. The first-order chi connectivity index (χ1) is 9.77. The molecule has 1 heterocycles. The first-order valence-corrected chi connectivity index (χ1v) is 6.19. The van der Waals surface area contributed by atoms with Crippen molar-refractivity contribution in [1.82, 2.24) is 10.1 Å². The molecule has 114 valence electrons. The molecule has 0 aliphatic rings. The molecule has 2 rings (SSSR count). The molecule has 5 nitrogen and oxygen atoms in total. The van der Waals surface area contributed by atoms with Crippen molar-refractivity contribution < 1.29 is 22.4 Å². The maximum atomic E-state index is 12.9. The molecule has 0 fully saturated rings. The minimum atomic E-state index is -4.70. The normalized spacial score (nSPS) is 14.8. The van der Waals surface area contributed by atoms with E-state index in [1.54, 1.807) is 31.2 Å². The lowest BCUT2D eigenvalue weighted by atomic mass is 10.0. The fourth-order valence-electron chi connectivity index (χ4n) is 1.60. The van der Waals surface area contributed by atoms with Gasteiger partial charge in [0.25, 0.3) is 5.89 Å². The highest BCUT2D eigenvalue weighted by Gasteiger charge is 2.53. The highest BCUT2D eigenvalue weighted by atomic mass is 19.4. The van der Waals surface area contributed by atoms with Gasteiger partial charge in [-0.15, -0.1) is 0 Å². The molecule has 2 N–H and O–H groups in total. The van der Waals surface area contributed by atoms with Crippen LogP contribution in [0.3, 0.4) is 0 Å². The van der Waals surface area contributed by atoms with Gasteiger partial charge in [0.15, 0.2) is 5.54 Å². The zero-order valence-electron chi connectivity index (χ0n) is 11.4. The third-order valence-electron chi connectivity index (χ3n) is 2.89. The molecule has 1 unspecified atom stereocenters. The molecule has 0 saturated heterocycles. The first-order valence-electron chi connectivity index (χ1n) is 6.19. The number of alkyl halides is 3. The second kappa shape index (κ2) is 5.36. The average molecular weight is 301 g/mol. The van der Waals surface area contributed by atoms with Crippen LogP contribution in [-0.4, -0.2) is 22.9 Å². The lowest BCUT2D eigenvalue weighted by molar-refractivity contribution is -0.190. The molecule has 0 spiro atoms. The maximum absolute atomic E-state index is 12.9. The Labute approximate surface area is 118 Å². The minimum Gasteiger partial charge on any atom is -0.493 e. The lowest BCUT2D eigenvalue weighted by Crippen LogP contribution is -2.47. The van der Waals surface area contributed by atoms with Crippen LogP contribution in [0.25, 0.3) is 11.4 Å². The lowest BCUT2D eigenvalue weighted by Gasteiger charge is -2.22. The summed E-state index contributed by atoms with van der Waals surface area (Å²) < 4.78 is 48.6. The van der Waals surface area contributed by atoms with E-state index in [-0.39, 0.29) is 5.82 Å². The molecule has 2 aromatic rings. The van der Waals surface area contributed by atoms with E-state index in [0.29, 0.717) is 17.9 Å². The summed E-state index contributed by atoms with van der Waals surface area (Å²) in [6.45, 7) is 2.97. The number of para-hydroxylation sites is 1. The monoisotopic (exact) mass is 301 g/mol. The molecule has 0 aliphatic carbocycles. The van der Waals surface area contributed by atoms with E-state index in [0.717, 1.165) is 6.92 Å². The van der Waals surface area contributed by atoms with Crippen molar-refractivity contribution in [3.63, 3.8) is 0 Å². The summed E-state index contributed by atoms with van der Waals surface area (Å²) in [6.07, 6.45) is -4.70. The molecule has 0 saturated carbocycles. The van der Waals surface area contributed by atoms with Gasteiger partial charge in [-0.2, -0.15) is 18.2 Å². The van der Waals surface area contributed by atoms with Gasteiger partial charge in [0, 0.05) is 0 Å². The van der Waals surface area contributed by atoms with Gasteiger partial charge in [-0.1, -0.05) is 17.3 Å². The van der Waals surface area contributed by atoms with Crippen LogP contribution in [0.1, 0.15) is 19.7 Å². The smallest absolute Gasteiger partial charge is 0.415 e. The predicted octanol–water partition coefficient (Wildman–Crippen LogP) is 2.87. The number of hydrogen-bond donors (Lipinski definition) is 1. The third-order valence-corrected chi connectivity index (χ3v) is 2.89. The topological polar surface area (TPSA) is 74.2 Å². The van der Waals surface area contributed by atoms with Crippen molar-refractivity contribution in [3.8, 4) is 17.1 Å². The Morgan fingerprint density at radius 3 is 2.57 bits per heavy atom. The van der Waals surface area contributed by atoms with Gasteiger partial charge in [-0.05, 0) is 26.0 Å². The van der Waals surface area contributed by atoms with Crippen LogP contribution in [0.5, 0.6) is 5.75 Å².